The van der Waals surface area contributed by atoms with E-state index in [2.05, 4.69) is 20.7 Å². The van der Waals surface area contributed by atoms with Crippen LogP contribution in [0, 0.1) is 0 Å². The fourth-order valence-corrected chi connectivity index (χ4v) is 2.82. The summed E-state index contributed by atoms with van der Waals surface area (Å²) in [5.74, 6) is 0.946. The lowest BCUT2D eigenvalue weighted by Gasteiger charge is -2.10. The van der Waals surface area contributed by atoms with Gasteiger partial charge in [-0.2, -0.15) is 10.2 Å². The number of carbonyl (C=O) groups excluding carboxylic acids is 1. The van der Waals surface area contributed by atoms with Crippen LogP contribution in [0.25, 0.3) is 0 Å². The van der Waals surface area contributed by atoms with Gasteiger partial charge in [-0.1, -0.05) is 0 Å². The molecule has 1 amide bonds. The molecule has 2 N–H and O–H groups in total. The second-order valence-corrected chi connectivity index (χ2v) is 5.55. The van der Waals surface area contributed by atoms with Gasteiger partial charge in [-0.05, 0) is 49.4 Å². The number of hydrogen-bond acceptors (Lipinski definition) is 5. The zero-order valence-electron chi connectivity index (χ0n) is 13.8. The molecule has 1 aliphatic rings. The number of aryl methyl sites for hydroxylation is 1. The van der Waals surface area contributed by atoms with E-state index in [0.717, 1.165) is 42.5 Å². The zero-order valence-corrected chi connectivity index (χ0v) is 13.8. The van der Waals surface area contributed by atoms with Crippen LogP contribution in [0.1, 0.15) is 40.2 Å². The molecular formula is C17H20N4O3. The van der Waals surface area contributed by atoms with Gasteiger partial charge < -0.3 is 9.47 Å². The summed E-state index contributed by atoms with van der Waals surface area (Å²) in [7, 11) is 3.15. The van der Waals surface area contributed by atoms with Gasteiger partial charge in [-0.15, -0.1) is 0 Å². The Hall–Kier alpha value is -2.83. The molecule has 0 bridgehead atoms. The number of aromatic nitrogens is 2. The number of aromatic amines is 1. The summed E-state index contributed by atoms with van der Waals surface area (Å²) in [6.45, 7) is 0. The molecule has 0 spiro atoms. The molecule has 24 heavy (non-hydrogen) atoms. The standard InChI is InChI=1S/C17H20N4O3/c1-23-14-8-7-11(9-15(14)24-2)10-18-21-17(22)16-12-5-3-4-6-13(12)19-20-16/h7-10H,3-6H2,1-2H3,(H,19,20)(H,21,22)/b18-10+. The third-order valence-electron chi connectivity index (χ3n) is 4.06. The SMILES string of the molecule is COc1ccc(/C=N/NC(=O)c2n[nH]c3c2CCCC3)cc1OC. The van der Waals surface area contributed by atoms with Crippen molar-refractivity contribution in [1.29, 1.82) is 0 Å². The third-order valence-corrected chi connectivity index (χ3v) is 4.06. The molecular weight excluding hydrogens is 308 g/mol. The highest BCUT2D eigenvalue weighted by Gasteiger charge is 2.21. The Kier molecular flexibility index (Phi) is 4.79. The summed E-state index contributed by atoms with van der Waals surface area (Å²) in [5, 5.41) is 11.1. The molecule has 0 unspecified atom stereocenters. The number of nitrogens with zero attached hydrogens (tertiary/aromatic N) is 2. The minimum atomic E-state index is -0.300. The number of methoxy groups -OCH3 is 2. The zero-order chi connectivity index (χ0) is 16.9. The van der Waals surface area contributed by atoms with Crippen LogP contribution in [0.3, 0.4) is 0 Å². The summed E-state index contributed by atoms with van der Waals surface area (Å²) in [4.78, 5) is 12.2. The van der Waals surface area contributed by atoms with Gasteiger partial charge in [0.25, 0.3) is 5.91 Å². The second-order valence-electron chi connectivity index (χ2n) is 5.55. The third kappa shape index (κ3) is 3.24. The second kappa shape index (κ2) is 7.16. The van der Waals surface area contributed by atoms with E-state index in [1.807, 2.05) is 6.07 Å². The highest BCUT2D eigenvalue weighted by atomic mass is 16.5. The molecule has 3 rings (SSSR count). The Bertz CT molecular complexity index is 767. The molecule has 0 fully saturated rings. The van der Waals surface area contributed by atoms with Gasteiger partial charge in [0.2, 0.25) is 0 Å². The number of H-pyrrole nitrogens is 1. The van der Waals surface area contributed by atoms with E-state index in [4.69, 9.17) is 9.47 Å². The maximum atomic E-state index is 12.2. The van der Waals surface area contributed by atoms with Crippen LogP contribution in [0.5, 0.6) is 11.5 Å². The van der Waals surface area contributed by atoms with E-state index in [1.165, 1.54) is 0 Å². The van der Waals surface area contributed by atoms with Gasteiger partial charge in [-0.25, -0.2) is 5.43 Å². The van der Waals surface area contributed by atoms with Gasteiger partial charge in [0.1, 0.15) is 0 Å². The molecule has 7 heteroatoms. The monoisotopic (exact) mass is 328 g/mol. The van der Waals surface area contributed by atoms with Crippen LogP contribution in [-0.2, 0) is 12.8 Å². The number of hydrazone groups is 1. The van der Waals surface area contributed by atoms with Crippen LogP contribution in [0.4, 0.5) is 0 Å². The predicted octanol–water partition coefficient (Wildman–Crippen LogP) is 2.07. The molecule has 7 nitrogen and oxygen atoms in total. The van der Waals surface area contributed by atoms with Gasteiger partial charge in [0, 0.05) is 11.3 Å². The van der Waals surface area contributed by atoms with Crippen molar-refractivity contribution in [2.24, 2.45) is 5.10 Å². The number of nitrogens with one attached hydrogen (secondary N) is 2. The predicted molar refractivity (Wildman–Crippen MR) is 89.8 cm³/mol. The fraction of sp³-hybridized carbons (Fsp3) is 0.353. The van der Waals surface area contributed by atoms with Crippen molar-refractivity contribution >= 4 is 12.1 Å². The Morgan fingerprint density at radius 1 is 1.25 bits per heavy atom. The average molecular weight is 328 g/mol. The number of benzene rings is 1. The molecule has 126 valence electrons. The van der Waals surface area contributed by atoms with Gasteiger partial charge >= 0.3 is 0 Å². The van der Waals surface area contributed by atoms with Crippen molar-refractivity contribution in [3.05, 3.63) is 40.7 Å². The first-order chi connectivity index (χ1) is 11.7. The summed E-state index contributed by atoms with van der Waals surface area (Å²) in [6.07, 6.45) is 5.60. The van der Waals surface area contributed by atoms with Crippen LogP contribution < -0.4 is 14.9 Å². The number of rotatable bonds is 5. The maximum Gasteiger partial charge on any atom is 0.292 e. The lowest BCUT2D eigenvalue weighted by molar-refractivity contribution is 0.0949. The van der Waals surface area contributed by atoms with Crippen LogP contribution in [0.15, 0.2) is 23.3 Å². The first-order valence-corrected chi connectivity index (χ1v) is 7.84. The highest BCUT2D eigenvalue weighted by molar-refractivity contribution is 5.94. The first-order valence-electron chi connectivity index (χ1n) is 7.84. The van der Waals surface area contributed by atoms with Crippen molar-refractivity contribution in [2.45, 2.75) is 25.7 Å². The molecule has 1 aliphatic carbocycles. The molecule has 0 radical (unpaired) electrons. The fourth-order valence-electron chi connectivity index (χ4n) is 2.82. The summed E-state index contributed by atoms with van der Waals surface area (Å²) in [6, 6.07) is 5.39. The van der Waals surface area contributed by atoms with E-state index in [9.17, 15) is 4.79 Å². The van der Waals surface area contributed by atoms with E-state index in [0.29, 0.717) is 17.2 Å². The van der Waals surface area contributed by atoms with Gasteiger partial charge in [-0.3, -0.25) is 9.89 Å². The summed E-state index contributed by atoms with van der Waals surface area (Å²) in [5.41, 5.74) is 5.83. The number of carbonyl (C=O) groups is 1. The van der Waals surface area contributed by atoms with Crippen molar-refractivity contribution in [3.63, 3.8) is 0 Å². The van der Waals surface area contributed by atoms with E-state index < -0.39 is 0 Å². The Morgan fingerprint density at radius 2 is 2.04 bits per heavy atom. The van der Waals surface area contributed by atoms with Crippen LogP contribution in [-0.4, -0.2) is 36.5 Å². The Balaban J connectivity index is 1.68. The molecule has 1 aromatic carbocycles. The lowest BCUT2D eigenvalue weighted by Crippen LogP contribution is -2.20. The number of hydrogen-bond donors (Lipinski definition) is 2. The van der Waals surface area contributed by atoms with Crippen molar-refractivity contribution in [2.75, 3.05) is 14.2 Å². The first kappa shape index (κ1) is 16.0. The van der Waals surface area contributed by atoms with Gasteiger partial charge in [0.15, 0.2) is 17.2 Å². The molecule has 0 atom stereocenters. The molecule has 2 aromatic rings. The Morgan fingerprint density at radius 3 is 2.83 bits per heavy atom. The normalized spacial score (nSPS) is 13.6. The lowest BCUT2D eigenvalue weighted by atomic mass is 9.96. The Labute approximate surface area is 140 Å². The van der Waals surface area contributed by atoms with Crippen LogP contribution >= 0.6 is 0 Å². The van der Waals surface area contributed by atoms with Gasteiger partial charge in [0.05, 0.1) is 20.4 Å². The molecule has 0 saturated heterocycles. The number of ether oxygens (including phenoxy) is 2. The summed E-state index contributed by atoms with van der Waals surface area (Å²) >= 11 is 0. The molecule has 1 aromatic heterocycles. The average Bonchev–Trinajstić information content (AvgIpc) is 3.05. The summed E-state index contributed by atoms with van der Waals surface area (Å²) < 4.78 is 10.4. The number of amides is 1. The quantitative estimate of drug-likeness (QED) is 0.649. The molecule has 0 saturated carbocycles. The van der Waals surface area contributed by atoms with Crippen molar-refractivity contribution in [1.82, 2.24) is 15.6 Å². The number of fused-ring (bicyclic) bond motifs is 1. The highest BCUT2D eigenvalue weighted by Crippen LogP contribution is 2.27. The molecule has 0 aliphatic heterocycles. The smallest absolute Gasteiger partial charge is 0.292 e. The minimum Gasteiger partial charge on any atom is -0.493 e. The van der Waals surface area contributed by atoms with Crippen LogP contribution in [0.2, 0.25) is 0 Å². The van der Waals surface area contributed by atoms with E-state index >= 15 is 0 Å². The largest absolute Gasteiger partial charge is 0.493 e. The molecule has 1 heterocycles. The van der Waals surface area contributed by atoms with Crippen molar-refractivity contribution in [3.8, 4) is 11.5 Å². The van der Waals surface area contributed by atoms with E-state index in [1.54, 1.807) is 32.6 Å². The topological polar surface area (TPSA) is 88.6 Å². The van der Waals surface area contributed by atoms with E-state index in [-0.39, 0.29) is 5.91 Å². The maximum absolute atomic E-state index is 12.2. The van der Waals surface area contributed by atoms with Crippen molar-refractivity contribution < 1.29 is 14.3 Å². The minimum absolute atomic E-state index is 0.300.